The predicted octanol–water partition coefficient (Wildman–Crippen LogP) is 2.97. The van der Waals surface area contributed by atoms with Crippen molar-refractivity contribution in [3.63, 3.8) is 0 Å². The van der Waals surface area contributed by atoms with Gasteiger partial charge in [0.25, 0.3) is 0 Å². The van der Waals surface area contributed by atoms with Gasteiger partial charge in [0.05, 0.1) is 25.4 Å². The second-order valence-corrected chi connectivity index (χ2v) is 4.75. The number of methoxy groups -OCH3 is 1. The number of morpholine rings is 1. The standard InChI is InChI=1S/C6H13NO2.C6H15NO.3C2H6/c1-7-2-3-9-6(4-7)5-8;1-6(8-4)5-7(2)3;3*1-2/h6,8H,2-5H2,1H3;6H,5H2,1-4H3;3*1-2H3. The van der Waals surface area contributed by atoms with Crippen molar-refractivity contribution in [1.29, 1.82) is 0 Å². The molecular weight excluding hydrogens is 292 g/mol. The fourth-order valence-corrected chi connectivity index (χ4v) is 1.57. The van der Waals surface area contributed by atoms with Crippen LogP contribution in [-0.4, -0.2) is 88.2 Å². The Hall–Kier alpha value is -0.200. The van der Waals surface area contributed by atoms with E-state index in [4.69, 9.17) is 14.6 Å². The Morgan fingerprint density at radius 2 is 1.65 bits per heavy atom. The highest BCUT2D eigenvalue weighted by Crippen LogP contribution is 2.00. The second kappa shape index (κ2) is 26.7. The molecule has 23 heavy (non-hydrogen) atoms. The van der Waals surface area contributed by atoms with Gasteiger partial charge in [-0.3, -0.25) is 0 Å². The molecule has 0 amide bonds. The average molecular weight is 339 g/mol. The highest BCUT2D eigenvalue weighted by atomic mass is 16.5. The zero-order valence-corrected chi connectivity index (χ0v) is 17.8. The zero-order valence-electron chi connectivity index (χ0n) is 17.8. The lowest BCUT2D eigenvalue weighted by atomic mass is 10.3. The van der Waals surface area contributed by atoms with E-state index in [9.17, 15) is 0 Å². The van der Waals surface area contributed by atoms with Crippen molar-refractivity contribution in [1.82, 2.24) is 9.80 Å². The van der Waals surface area contributed by atoms with Gasteiger partial charge in [0, 0.05) is 26.7 Å². The molecule has 0 saturated carbocycles. The maximum absolute atomic E-state index is 8.66. The summed E-state index contributed by atoms with van der Waals surface area (Å²) in [5.74, 6) is 0. The Kier molecular flexibility index (Phi) is 35.6. The van der Waals surface area contributed by atoms with E-state index >= 15 is 0 Å². The first-order chi connectivity index (χ1) is 11.0. The number of likely N-dealkylation sites (N-methyl/N-ethyl adjacent to an activating group) is 2. The second-order valence-electron chi connectivity index (χ2n) is 4.75. The van der Waals surface area contributed by atoms with E-state index < -0.39 is 0 Å². The van der Waals surface area contributed by atoms with Gasteiger partial charge in [-0.25, -0.2) is 0 Å². The molecule has 5 heteroatoms. The van der Waals surface area contributed by atoms with Crippen LogP contribution in [0.15, 0.2) is 0 Å². The molecule has 0 aromatic heterocycles. The maximum Gasteiger partial charge on any atom is 0.0932 e. The van der Waals surface area contributed by atoms with Gasteiger partial charge in [-0.2, -0.15) is 0 Å². The predicted molar refractivity (Wildman–Crippen MR) is 103 cm³/mol. The lowest BCUT2D eigenvalue weighted by Crippen LogP contribution is -2.41. The first-order valence-electron chi connectivity index (χ1n) is 9.08. The van der Waals surface area contributed by atoms with Crippen LogP contribution >= 0.6 is 0 Å². The van der Waals surface area contributed by atoms with Gasteiger partial charge in [-0.1, -0.05) is 41.5 Å². The van der Waals surface area contributed by atoms with Crippen molar-refractivity contribution in [2.75, 3.05) is 61.1 Å². The summed E-state index contributed by atoms with van der Waals surface area (Å²) in [6, 6.07) is 0. The first kappa shape index (κ1) is 30.7. The van der Waals surface area contributed by atoms with Crippen LogP contribution in [0.2, 0.25) is 0 Å². The molecule has 0 aliphatic carbocycles. The van der Waals surface area contributed by atoms with Crippen LogP contribution in [0.3, 0.4) is 0 Å². The maximum atomic E-state index is 8.66. The van der Waals surface area contributed by atoms with Crippen molar-refractivity contribution in [2.24, 2.45) is 0 Å². The third-order valence-corrected chi connectivity index (χ3v) is 2.57. The van der Waals surface area contributed by atoms with E-state index in [0.717, 1.165) is 26.2 Å². The molecule has 2 unspecified atom stereocenters. The van der Waals surface area contributed by atoms with E-state index in [2.05, 4.69) is 16.7 Å². The summed E-state index contributed by atoms with van der Waals surface area (Å²) in [5.41, 5.74) is 0. The minimum atomic E-state index is 0.0451. The molecular formula is C18H46N2O3. The van der Waals surface area contributed by atoms with Gasteiger partial charge in [-0.05, 0) is 28.1 Å². The molecule has 1 aliphatic rings. The highest BCUT2D eigenvalue weighted by Gasteiger charge is 2.15. The third-order valence-electron chi connectivity index (χ3n) is 2.57. The Morgan fingerprint density at radius 1 is 1.17 bits per heavy atom. The van der Waals surface area contributed by atoms with E-state index in [1.54, 1.807) is 7.11 Å². The molecule has 5 nitrogen and oxygen atoms in total. The molecule has 1 fully saturated rings. The molecule has 2 atom stereocenters. The summed E-state index contributed by atoms with van der Waals surface area (Å²) < 4.78 is 10.2. The quantitative estimate of drug-likeness (QED) is 0.854. The SMILES string of the molecule is CC.CC.CC.CN1CCOC(CO)C1.COC(C)CN(C)C. The van der Waals surface area contributed by atoms with Gasteiger partial charge in [-0.15, -0.1) is 0 Å². The summed E-state index contributed by atoms with van der Waals surface area (Å²) in [6.45, 7) is 17.8. The first-order valence-corrected chi connectivity index (χ1v) is 9.08. The van der Waals surface area contributed by atoms with Crippen LogP contribution in [0.4, 0.5) is 0 Å². The minimum absolute atomic E-state index is 0.0451. The van der Waals surface area contributed by atoms with Gasteiger partial charge in [0.15, 0.2) is 0 Å². The van der Waals surface area contributed by atoms with Crippen molar-refractivity contribution in [2.45, 2.75) is 60.7 Å². The van der Waals surface area contributed by atoms with Crippen LogP contribution in [0.1, 0.15) is 48.5 Å². The average Bonchev–Trinajstić information content (AvgIpc) is 2.60. The lowest BCUT2D eigenvalue weighted by Gasteiger charge is -2.28. The van der Waals surface area contributed by atoms with Crippen LogP contribution in [0.25, 0.3) is 0 Å². The zero-order chi connectivity index (χ0) is 19.3. The fraction of sp³-hybridized carbons (Fsp3) is 1.00. The smallest absolute Gasteiger partial charge is 0.0932 e. The minimum Gasteiger partial charge on any atom is -0.394 e. The van der Waals surface area contributed by atoms with Gasteiger partial charge < -0.3 is 24.4 Å². The Morgan fingerprint density at radius 3 is 1.87 bits per heavy atom. The van der Waals surface area contributed by atoms with Crippen molar-refractivity contribution < 1.29 is 14.6 Å². The summed E-state index contributed by atoms with van der Waals surface area (Å²) in [5, 5.41) is 8.66. The van der Waals surface area contributed by atoms with E-state index in [1.807, 2.05) is 62.7 Å². The molecule has 0 radical (unpaired) electrons. The number of aliphatic hydroxyl groups is 1. The Labute approximate surface area is 147 Å². The number of hydrogen-bond acceptors (Lipinski definition) is 5. The summed E-state index contributed by atoms with van der Waals surface area (Å²) >= 11 is 0. The van der Waals surface area contributed by atoms with Gasteiger partial charge in [0.1, 0.15) is 0 Å². The Balaban J connectivity index is -0.000000119. The molecule has 1 rings (SSSR count). The molecule has 0 aromatic carbocycles. The van der Waals surface area contributed by atoms with Crippen LogP contribution in [0.5, 0.6) is 0 Å². The third kappa shape index (κ3) is 27.0. The fourth-order valence-electron chi connectivity index (χ4n) is 1.57. The molecule has 0 aromatic rings. The van der Waals surface area contributed by atoms with Crippen molar-refractivity contribution >= 4 is 0 Å². The molecule has 1 heterocycles. The monoisotopic (exact) mass is 338 g/mol. The van der Waals surface area contributed by atoms with E-state index in [-0.39, 0.29) is 12.7 Å². The highest BCUT2D eigenvalue weighted by molar-refractivity contribution is 4.66. The van der Waals surface area contributed by atoms with Crippen molar-refractivity contribution in [3.8, 4) is 0 Å². The van der Waals surface area contributed by atoms with Gasteiger partial charge in [0.2, 0.25) is 0 Å². The summed E-state index contributed by atoms with van der Waals surface area (Å²) in [4.78, 5) is 4.26. The number of nitrogens with zero attached hydrogens (tertiary/aromatic N) is 2. The molecule has 0 bridgehead atoms. The number of hydrogen-bond donors (Lipinski definition) is 1. The van der Waals surface area contributed by atoms with Crippen LogP contribution in [0, 0.1) is 0 Å². The summed E-state index contributed by atoms with van der Waals surface area (Å²) in [7, 11) is 7.84. The molecule has 1 aliphatic heterocycles. The summed E-state index contributed by atoms with van der Waals surface area (Å²) in [6.07, 6.45) is 0.397. The molecule has 146 valence electrons. The number of ether oxygens (including phenoxy) is 2. The number of rotatable bonds is 4. The topological polar surface area (TPSA) is 45.2 Å². The number of aliphatic hydroxyl groups excluding tert-OH is 1. The molecule has 1 saturated heterocycles. The largest absolute Gasteiger partial charge is 0.394 e. The van der Waals surface area contributed by atoms with Gasteiger partial charge >= 0.3 is 0 Å². The van der Waals surface area contributed by atoms with Crippen LogP contribution < -0.4 is 0 Å². The van der Waals surface area contributed by atoms with Crippen LogP contribution in [-0.2, 0) is 9.47 Å². The molecule has 0 spiro atoms. The normalized spacial score (nSPS) is 17.9. The van der Waals surface area contributed by atoms with E-state index in [0.29, 0.717) is 6.10 Å². The molecule has 1 N–H and O–H groups in total. The van der Waals surface area contributed by atoms with Crippen molar-refractivity contribution in [3.05, 3.63) is 0 Å². The van der Waals surface area contributed by atoms with E-state index in [1.165, 1.54) is 0 Å². The Bertz CT molecular complexity index is 182. The lowest BCUT2D eigenvalue weighted by molar-refractivity contribution is -0.0453.